The highest BCUT2D eigenvalue weighted by atomic mass is 16.6. The predicted octanol–water partition coefficient (Wildman–Crippen LogP) is 1.66. The lowest BCUT2D eigenvalue weighted by molar-refractivity contribution is 0.369. The van der Waals surface area contributed by atoms with Crippen molar-refractivity contribution >= 4 is 0 Å². The van der Waals surface area contributed by atoms with E-state index in [9.17, 15) is 0 Å². The first kappa shape index (κ1) is 5.06. The zero-order valence-electron chi connectivity index (χ0n) is 5.26. The van der Waals surface area contributed by atoms with Gasteiger partial charge in [-0.3, -0.25) is 0 Å². The lowest BCUT2D eigenvalue weighted by atomic mass is 10.2. The third kappa shape index (κ3) is 0.754. The van der Waals surface area contributed by atoms with E-state index in [1.807, 2.05) is 13.0 Å². The zero-order chi connectivity index (χ0) is 6.27. The predicted molar refractivity (Wildman–Crippen MR) is 32.1 cm³/mol. The quantitative estimate of drug-likeness (QED) is 0.532. The van der Waals surface area contributed by atoms with Crippen molar-refractivity contribution in [3.05, 3.63) is 23.7 Å². The maximum Gasteiger partial charge on any atom is 0.139 e. The van der Waals surface area contributed by atoms with Crippen LogP contribution in [-0.4, -0.2) is 6.61 Å². The minimum absolute atomic E-state index is 0.264. The maximum atomic E-state index is 5.16. The first-order chi connectivity index (χ1) is 4.38. The molecule has 2 rings (SSSR count). The lowest BCUT2D eigenvalue weighted by Gasteiger charge is -1.87. The molecule has 1 aliphatic rings. The van der Waals surface area contributed by atoms with Crippen LogP contribution in [0.5, 0.6) is 0 Å². The molecule has 48 valence electrons. The number of rotatable bonds is 1. The van der Waals surface area contributed by atoms with Crippen LogP contribution >= 0.6 is 0 Å². The van der Waals surface area contributed by atoms with E-state index < -0.39 is 0 Å². The second-order valence-corrected chi connectivity index (χ2v) is 2.29. The molecule has 0 saturated carbocycles. The summed E-state index contributed by atoms with van der Waals surface area (Å²) in [4.78, 5) is 0. The number of aryl methyl sites for hydroxylation is 1. The SMILES string of the molecule is Cc1ccoc1C1CO1. The van der Waals surface area contributed by atoms with Crippen LogP contribution < -0.4 is 0 Å². The van der Waals surface area contributed by atoms with E-state index in [1.165, 1.54) is 5.56 Å². The fourth-order valence-electron chi connectivity index (χ4n) is 0.914. The molecule has 1 aromatic rings. The van der Waals surface area contributed by atoms with Crippen molar-refractivity contribution in [2.75, 3.05) is 6.61 Å². The van der Waals surface area contributed by atoms with Gasteiger partial charge in [0.1, 0.15) is 11.9 Å². The summed E-state index contributed by atoms with van der Waals surface area (Å²) in [5, 5.41) is 0. The third-order valence-electron chi connectivity index (χ3n) is 1.53. The Labute approximate surface area is 53.4 Å². The van der Waals surface area contributed by atoms with Crippen molar-refractivity contribution in [1.82, 2.24) is 0 Å². The maximum absolute atomic E-state index is 5.16. The van der Waals surface area contributed by atoms with Crippen LogP contribution in [0, 0.1) is 6.92 Å². The molecule has 0 aromatic carbocycles. The standard InChI is InChI=1S/C7H8O2/c1-5-2-3-8-7(5)6-4-9-6/h2-3,6H,4H2,1H3. The Bertz CT molecular complexity index is 210. The third-order valence-corrected chi connectivity index (χ3v) is 1.53. The summed E-state index contributed by atoms with van der Waals surface area (Å²) >= 11 is 0. The minimum atomic E-state index is 0.264. The highest BCUT2D eigenvalue weighted by Crippen LogP contribution is 2.32. The van der Waals surface area contributed by atoms with Crippen molar-refractivity contribution in [2.45, 2.75) is 13.0 Å². The van der Waals surface area contributed by atoms with E-state index in [0.29, 0.717) is 0 Å². The highest BCUT2D eigenvalue weighted by molar-refractivity contribution is 5.19. The van der Waals surface area contributed by atoms with Gasteiger partial charge in [-0.05, 0) is 18.6 Å². The summed E-state index contributed by atoms with van der Waals surface area (Å²) in [7, 11) is 0. The van der Waals surface area contributed by atoms with Gasteiger partial charge in [-0.2, -0.15) is 0 Å². The van der Waals surface area contributed by atoms with Gasteiger partial charge < -0.3 is 9.15 Å². The van der Waals surface area contributed by atoms with Crippen LogP contribution in [0.25, 0.3) is 0 Å². The molecule has 9 heavy (non-hydrogen) atoms. The van der Waals surface area contributed by atoms with Crippen LogP contribution in [0.2, 0.25) is 0 Å². The molecule has 1 fully saturated rings. The largest absolute Gasteiger partial charge is 0.466 e. The Kier molecular flexibility index (Phi) is 0.904. The molecule has 1 atom stereocenters. The minimum Gasteiger partial charge on any atom is -0.466 e. The van der Waals surface area contributed by atoms with Gasteiger partial charge >= 0.3 is 0 Å². The monoisotopic (exact) mass is 124 g/mol. The molecule has 0 amide bonds. The molecule has 1 aromatic heterocycles. The number of hydrogen-bond donors (Lipinski definition) is 0. The Morgan fingerprint density at radius 2 is 2.44 bits per heavy atom. The first-order valence-corrected chi connectivity index (χ1v) is 3.03. The van der Waals surface area contributed by atoms with Gasteiger partial charge in [0.2, 0.25) is 0 Å². The molecule has 0 N–H and O–H groups in total. The van der Waals surface area contributed by atoms with Gasteiger partial charge in [-0.25, -0.2) is 0 Å². The van der Waals surface area contributed by atoms with E-state index in [1.54, 1.807) is 6.26 Å². The molecule has 1 aliphatic heterocycles. The number of ether oxygens (including phenoxy) is 1. The van der Waals surface area contributed by atoms with E-state index in [4.69, 9.17) is 9.15 Å². The average Bonchev–Trinajstić information content (AvgIpc) is 2.58. The first-order valence-electron chi connectivity index (χ1n) is 3.03. The summed E-state index contributed by atoms with van der Waals surface area (Å²) < 4.78 is 10.2. The molecule has 2 heterocycles. The van der Waals surface area contributed by atoms with Crippen molar-refractivity contribution in [2.24, 2.45) is 0 Å². The van der Waals surface area contributed by atoms with Crippen LogP contribution in [0.15, 0.2) is 16.7 Å². The number of epoxide rings is 1. The molecule has 0 aliphatic carbocycles. The van der Waals surface area contributed by atoms with E-state index in [0.717, 1.165) is 12.4 Å². The molecule has 0 radical (unpaired) electrons. The molecule has 2 nitrogen and oxygen atoms in total. The van der Waals surface area contributed by atoms with Crippen molar-refractivity contribution in [3.8, 4) is 0 Å². The topological polar surface area (TPSA) is 25.7 Å². The fraction of sp³-hybridized carbons (Fsp3) is 0.429. The van der Waals surface area contributed by atoms with Gasteiger partial charge in [-0.1, -0.05) is 0 Å². The van der Waals surface area contributed by atoms with Crippen LogP contribution in [0.4, 0.5) is 0 Å². The normalized spacial score (nSPS) is 24.3. The van der Waals surface area contributed by atoms with Gasteiger partial charge in [0.15, 0.2) is 0 Å². The van der Waals surface area contributed by atoms with E-state index in [-0.39, 0.29) is 6.10 Å². The number of hydrogen-bond acceptors (Lipinski definition) is 2. The summed E-state index contributed by atoms with van der Waals surface area (Å²) in [5.74, 6) is 0.995. The molecule has 2 heteroatoms. The van der Waals surface area contributed by atoms with Crippen molar-refractivity contribution in [1.29, 1.82) is 0 Å². The smallest absolute Gasteiger partial charge is 0.139 e. The fourth-order valence-corrected chi connectivity index (χ4v) is 0.914. The summed E-state index contributed by atoms with van der Waals surface area (Å²) in [5.41, 5.74) is 1.19. The second-order valence-electron chi connectivity index (χ2n) is 2.29. The number of furan rings is 1. The van der Waals surface area contributed by atoms with Gasteiger partial charge in [0.05, 0.1) is 12.9 Å². The average molecular weight is 124 g/mol. The van der Waals surface area contributed by atoms with E-state index in [2.05, 4.69) is 0 Å². The second kappa shape index (κ2) is 1.61. The summed E-state index contributed by atoms with van der Waals surface area (Å²) in [6.45, 7) is 2.86. The van der Waals surface area contributed by atoms with Crippen LogP contribution in [0.1, 0.15) is 17.4 Å². The molecular weight excluding hydrogens is 116 g/mol. The van der Waals surface area contributed by atoms with Crippen LogP contribution in [-0.2, 0) is 4.74 Å². The molecule has 0 spiro atoms. The Morgan fingerprint density at radius 3 is 2.89 bits per heavy atom. The summed E-state index contributed by atoms with van der Waals surface area (Å²) in [6, 6.07) is 1.96. The summed E-state index contributed by atoms with van der Waals surface area (Å²) in [6.07, 6.45) is 1.96. The van der Waals surface area contributed by atoms with Gasteiger partial charge in [0, 0.05) is 0 Å². The van der Waals surface area contributed by atoms with Crippen molar-refractivity contribution < 1.29 is 9.15 Å². The molecule has 1 unspecified atom stereocenters. The van der Waals surface area contributed by atoms with Gasteiger partial charge in [0.25, 0.3) is 0 Å². The zero-order valence-corrected chi connectivity index (χ0v) is 5.26. The molecular formula is C7H8O2. The molecule has 0 bridgehead atoms. The Balaban J connectivity index is 2.35. The Hall–Kier alpha value is -0.760. The van der Waals surface area contributed by atoms with Crippen molar-refractivity contribution in [3.63, 3.8) is 0 Å². The molecule has 1 saturated heterocycles. The Morgan fingerprint density at radius 1 is 1.67 bits per heavy atom. The van der Waals surface area contributed by atoms with Gasteiger partial charge in [-0.15, -0.1) is 0 Å². The van der Waals surface area contributed by atoms with Crippen LogP contribution in [0.3, 0.4) is 0 Å². The highest BCUT2D eigenvalue weighted by Gasteiger charge is 2.29. The van der Waals surface area contributed by atoms with E-state index >= 15 is 0 Å². The lowest BCUT2D eigenvalue weighted by Crippen LogP contribution is -1.76.